The number of carbonyl (C=O) groups is 1. The van der Waals surface area contributed by atoms with E-state index in [2.05, 4.69) is 25.1 Å². The van der Waals surface area contributed by atoms with E-state index < -0.39 is 0 Å². The minimum Gasteiger partial charge on any atom is -0.353 e. The van der Waals surface area contributed by atoms with Gasteiger partial charge in [-0.1, -0.05) is 0 Å². The highest BCUT2D eigenvalue weighted by atomic mass is 19.1. The number of aromatic amines is 1. The van der Waals surface area contributed by atoms with Gasteiger partial charge in [-0.2, -0.15) is 5.10 Å². The van der Waals surface area contributed by atoms with Gasteiger partial charge in [-0.05, 0) is 54.6 Å². The molecule has 33 heavy (non-hydrogen) atoms. The molecule has 0 saturated carbocycles. The van der Waals surface area contributed by atoms with E-state index in [1.807, 2.05) is 6.07 Å². The van der Waals surface area contributed by atoms with Crippen molar-refractivity contribution in [2.45, 2.75) is 0 Å². The topological polar surface area (TPSA) is 78.0 Å². The maximum Gasteiger partial charge on any atom is 0.272 e. The molecule has 0 radical (unpaired) electrons. The molecule has 1 saturated heterocycles. The summed E-state index contributed by atoms with van der Waals surface area (Å²) < 4.78 is 26.3. The Morgan fingerprint density at radius 1 is 0.788 bits per heavy atom. The Bertz CT molecular complexity index is 1260. The third-order valence-electron chi connectivity index (χ3n) is 5.63. The molecular weight excluding hydrogens is 426 g/mol. The molecule has 4 aromatic rings. The number of hydrogen-bond donors (Lipinski definition) is 1. The normalized spacial score (nSPS) is 13.9. The highest BCUT2D eigenvalue weighted by molar-refractivity contribution is 5.93. The monoisotopic (exact) mass is 446 g/mol. The molecule has 3 heterocycles. The lowest BCUT2D eigenvalue weighted by Gasteiger charge is -2.35. The van der Waals surface area contributed by atoms with Crippen LogP contribution in [0.5, 0.6) is 0 Å². The van der Waals surface area contributed by atoms with Gasteiger partial charge in [-0.15, -0.1) is 0 Å². The van der Waals surface area contributed by atoms with Crippen molar-refractivity contribution in [1.82, 2.24) is 25.1 Å². The van der Waals surface area contributed by atoms with Crippen molar-refractivity contribution in [2.75, 3.05) is 31.1 Å². The van der Waals surface area contributed by atoms with Crippen LogP contribution in [0.4, 0.5) is 14.6 Å². The molecule has 9 heteroatoms. The van der Waals surface area contributed by atoms with Crippen LogP contribution in [0.3, 0.4) is 0 Å². The number of nitrogens with zero attached hydrogens (tertiary/aromatic N) is 5. The second kappa shape index (κ2) is 8.78. The van der Waals surface area contributed by atoms with Crippen molar-refractivity contribution in [3.8, 4) is 22.5 Å². The van der Waals surface area contributed by atoms with E-state index >= 15 is 0 Å². The van der Waals surface area contributed by atoms with Crippen LogP contribution in [-0.2, 0) is 0 Å². The molecule has 0 bridgehead atoms. The first-order valence-corrected chi connectivity index (χ1v) is 10.5. The molecule has 1 amide bonds. The third-order valence-corrected chi connectivity index (χ3v) is 5.63. The number of anilines is 1. The van der Waals surface area contributed by atoms with Crippen LogP contribution < -0.4 is 4.90 Å². The van der Waals surface area contributed by atoms with Crippen molar-refractivity contribution in [3.63, 3.8) is 0 Å². The molecule has 2 aromatic heterocycles. The number of rotatable bonds is 4. The summed E-state index contributed by atoms with van der Waals surface area (Å²) in [7, 11) is 0. The highest BCUT2D eigenvalue weighted by Crippen LogP contribution is 2.23. The second-order valence-corrected chi connectivity index (χ2v) is 7.72. The summed E-state index contributed by atoms with van der Waals surface area (Å²) >= 11 is 0. The molecule has 5 rings (SSSR count). The van der Waals surface area contributed by atoms with Crippen molar-refractivity contribution in [3.05, 3.63) is 84.3 Å². The minimum atomic E-state index is -0.322. The molecule has 0 unspecified atom stereocenters. The van der Waals surface area contributed by atoms with Crippen LogP contribution in [0.1, 0.15) is 10.5 Å². The number of hydrogen-bond acceptors (Lipinski definition) is 5. The number of nitrogens with one attached hydrogen (secondary N) is 1. The Morgan fingerprint density at radius 3 is 2.03 bits per heavy atom. The smallest absolute Gasteiger partial charge is 0.272 e. The number of amides is 1. The van der Waals surface area contributed by atoms with Gasteiger partial charge in [0.2, 0.25) is 0 Å². The van der Waals surface area contributed by atoms with Crippen molar-refractivity contribution in [1.29, 1.82) is 0 Å². The second-order valence-electron chi connectivity index (χ2n) is 7.72. The molecule has 1 aliphatic heterocycles. The molecule has 1 fully saturated rings. The molecule has 1 N–H and O–H groups in total. The van der Waals surface area contributed by atoms with E-state index in [0.29, 0.717) is 43.3 Å². The average molecular weight is 446 g/mol. The van der Waals surface area contributed by atoms with Gasteiger partial charge >= 0.3 is 0 Å². The molecule has 166 valence electrons. The van der Waals surface area contributed by atoms with Gasteiger partial charge in [0.1, 0.15) is 29.5 Å². The predicted molar refractivity (Wildman–Crippen MR) is 120 cm³/mol. The van der Waals surface area contributed by atoms with Crippen molar-refractivity contribution in [2.24, 2.45) is 0 Å². The lowest BCUT2D eigenvalue weighted by molar-refractivity contribution is 0.0740. The number of aromatic nitrogens is 4. The summed E-state index contributed by atoms with van der Waals surface area (Å²) in [5, 5.41) is 6.99. The van der Waals surface area contributed by atoms with Crippen molar-refractivity contribution >= 4 is 11.7 Å². The Hall–Kier alpha value is -4.14. The Morgan fingerprint density at radius 2 is 1.39 bits per heavy atom. The van der Waals surface area contributed by atoms with Crippen molar-refractivity contribution < 1.29 is 13.6 Å². The lowest BCUT2D eigenvalue weighted by Crippen LogP contribution is -2.49. The van der Waals surface area contributed by atoms with Crippen LogP contribution in [0.15, 0.2) is 67.0 Å². The Balaban J connectivity index is 1.24. The van der Waals surface area contributed by atoms with E-state index in [-0.39, 0.29) is 17.5 Å². The lowest BCUT2D eigenvalue weighted by atomic mass is 10.1. The first kappa shape index (κ1) is 20.7. The first-order valence-electron chi connectivity index (χ1n) is 10.5. The molecule has 2 aromatic carbocycles. The third kappa shape index (κ3) is 4.43. The fraction of sp³-hybridized carbons (Fsp3) is 0.167. The van der Waals surface area contributed by atoms with Gasteiger partial charge in [0.05, 0.1) is 11.4 Å². The number of H-pyrrole nitrogens is 1. The summed E-state index contributed by atoms with van der Waals surface area (Å²) in [6.45, 7) is 2.29. The molecule has 1 aliphatic rings. The number of benzene rings is 2. The van der Waals surface area contributed by atoms with E-state index in [9.17, 15) is 13.6 Å². The van der Waals surface area contributed by atoms with Gasteiger partial charge in [-0.3, -0.25) is 9.89 Å². The number of piperazine rings is 1. The standard InChI is InChI=1S/C24H20F2N6O/c25-18-5-1-16(2-6-18)20-14-23(28-15-27-20)31-9-11-32(12-10-31)24(33)22-13-21(29-30-22)17-3-7-19(26)8-4-17/h1-8,13-15H,9-12H2,(H,29,30). The van der Waals surface area contributed by atoms with E-state index in [1.165, 1.54) is 30.6 Å². The quantitative estimate of drug-likeness (QED) is 0.516. The maximum atomic E-state index is 13.2. The van der Waals surface area contributed by atoms with Crippen LogP contribution >= 0.6 is 0 Å². The van der Waals surface area contributed by atoms with Crippen LogP contribution in [0.25, 0.3) is 22.5 Å². The zero-order chi connectivity index (χ0) is 22.8. The summed E-state index contributed by atoms with van der Waals surface area (Å²) in [6, 6.07) is 15.7. The molecule has 0 spiro atoms. The largest absolute Gasteiger partial charge is 0.353 e. The number of halogens is 2. The molecular formula is C24H20F2N6O. The molecule has 0 atom stereocenters. The molecule has 7 nitrogen and oxygen atoms in total. The fourth-order valence-electron chi connectivity index (χ4n) is 3.81. The van der Waals surface area contributed by atoms with Gasteiger partial charge in [0, 0.05) is 43.4 Å². The van der Waals surface area contributed by atoms with Crippen LogP contribution in [0.2, 0.25) is 0 Å². The SMILES string of the molecule is O=C(c1cc(-c2ccc(F)cc2)n[nH]1)N1CCN(c2cc(-c3ccc(F)cc3)ncn2)CC1. The maximum absolute atomic E-state index is 13.2. The minimum absolute atomic E-state index is 0.134. The van der Waals surface area contributed by atoms with E-state index in [0.717, 1.165) is 16.9 Å². The summed E-state index contributed by atoms with van der Waals surface area (Å²) in [5.74, 6) is 0.00885. The fourth-order valence-corrected chi connectivity index (χ4v) is 3.81. The summed E-state index contributed by atoms with van der Waals surface area (Å²) in [5.41, 5.74) is 3.24. The van der Waals surface area contributed by atoms with Crippen LogP contribution in [0, 0.1) is 11.6 Å². The first-order chi connectivity index (χ1) is 16.1. The Labute approximate surface area is 188 Å². The summed E-state index contributed by atoms with van der Waals surface area (Å²) in [6.07, 6.45) is 1.49. The van der Waals surface area contributed by atoms with Crippen LogP contribution in [-0.4, -0.2) is 57.2 Å². The predicted octanol–water partition coefficient (Wildman–Crippen LogP) is 3.77. The van der Waals surface area contributed by atoms with Gasteiger partial charge < -0.3 is 9.80 Å². The van der Waals surface area contributed by atoms with Gasteiger partial charge in [-0.25, -0.2) is 18.7 Å². The van der Waals surface area contributed by atoms with Gasteiger partial charge in [0.15, 0.2) is 0 Å². The summed E-state index contributed by atoms with van der Waals surface area (Å²) in [4.78, 5) is 25.4. The van der Waals surface area contributed by atoms with E-state index in [4.69, 9.17) is 0 Å². The highest BCUT2D eigenvalue weighted by Gasteiger charge is 2.24. The number of carbonyl (C=O) groups excluding carboxylic acids is 1. The molecule has 0 aliphatic carbocycles. The zero-order valence-corrected chi connectivity index (χ0v) is 17.6. The Kier molecular flexibility index (Phi) is 5.52. The van der Waals surface area contributed by atoms with Gasteiger partial charge in [0.25, 0.3) is 5.91 Å². The zero-order valence-electron chi connectivity index (χ0n) is 17.6. The average Bonchev–Trinajstić information content (AvgIpc) is 3.35. The van der Waals surface area contributed by atoms with E-state index in [1.54, 1.807) is 35.2 Å².